The smallest absolute Gasteiger partial charge is 0.251 e. The molecule has 92 valence electrons. The van der Waals surface area contributed by atoms with E-state index in [1.165, 1.54) is 18.2 Å². The fourth-order valence-corrected chi connectivity index (χ4v) is 1.79. The fourth-order valence-electron chi connectivity index (χ4n) is 1.30. The van der Waals surface area contributed by atoms with Gasteiger partial charge >= 0.3 is 0 Å². The maximum Gasteiger partial charge on any atom is 0.251 e. The molecule has 3 nitrogen and oxygen atoms in total. The van der Waals surface area contributed by atoms with Gasteiger partial charge in [-0.25, -0.2) is 4.39 Å². The average molecular weight is 319 g/mol. The van der Waals surface area contributed by atoms with Gasteiger partial charge in [-0.1, -0.05) is 12.2 Å². The summed E-state index contributed by atoms with van der Waals surface area (Å²) >= 11 is 7.76. The zero-order chi connectivity index (χ0) is 13.0. The number of nitrogens with one attached hydrogen (secondary N) is 1. The van der Waals surface area contributed by atoms with Crippen molar-refractivity contribution in [2.45, 2.75) is 19.4 Å². The molecule has 1 amide bonds. The highest BCUT2D eigenvalue weighted by Crippen LogP contribution is 2.16. The summed E-state index contributed by atoms with van der Waals surface area (Å²) in [5.41, 5.74) is 5.63. The van der Waals surface area contributed by atoms with Crippen LogP contribution in [0.2, 0.25) is 0 Å². The van der Waals surface area contributed by atoms with Crippen LogP contribution < -0.4 is 11.1 Å². The Kier molecular flexibility index (Phi) is 5.02. The Morgan fingerprint density at radius 2 is 2.29 bits per heavy atom. The van der Waals surface area contributed by atoms with E-state index in [1.54, 1.807) is 6.92 Å². The predicted octanol–water partition coefficient (Wildman–Crippen LogP) is 2.38. The van der Waals surface area contributed by atoms with Crippen LogP contribution in [0.4, 0.5) is 4.39 Å². The summed E-state index contributed by atoms with van der Waals surface area (Å²) in [7, 11) is 0. The van der Waals surface area contributed by atoms with E-state index in [9.17, 15) is 9.18 Å². The number of carbonyl (C=O) groups excluding carboxylic acids is 1. The quantitative estimate of drug-likeness (QED) is 0.838. The van der Waals surface area contributed by atoms with Gasteiger partial charge in [0.1, 0.15) is 5.82 Å². The molecule has 1 aromatic rings. The second-order valence-corrected chi connectivity index (χ2v) is 5.05. The summed E-state index contributed by atoms with van der Waals surface area (Å²) < 4.78 is 13.5. The summed E-state index contributed by atoms with van der Waals surface area (Å²) in [6.07, 6.45) is 0.417. The predicted molar refractivity (Wildman–Crippen MR) is 72.4 cm³/mol. The number of benzene rings is 1. The molecule has 0 aliphatic heterocycles. The maximum absolute atomic E-state index is 13.2. The molecule has 0 fully saturated rings. The highest BCUT2D eigenvalue weighted by molar-refractivity contribution is 9.10. The molecule has 0 radical (unpaired) electrons. The molecule has 1 aromatic carbocycles. The van der Waals surface area contributed by atoms with Crippen LogP contribution >= 0.6 is 28.1 Å². The van der Waals surface area contributed by atoms with Gasteiger partial charge in [-0.05, 0) is 41.1 Å². The number of rotatable bonds is 4. The van der Waals surface area contributed by atoms with Gasteiger partial charge in [0.15, 0.2) is 0 Å². The molecule has 6 heteroatoms. The van der Waals surface area contributed by atoms with E-state index >= 15 is 0 Å². The third kappa shape index (κ3) is 4.40. The molecule has 0 aliphatic rings. The van der Waals surface area contributed by atoms with Crippen LogP contribution in [0.3, 0.4) is 0 Å². The van der Waals surface area contributed by atoms with Crippen molar-refractivity contribution in [2.75, 3.05) is 0 Å². The van der Waals surface area contributed by atoms with E-state index in [-0.39, 0.29) is 17.5 Å². The second-order valence-electron chi connectivity index (χ2n) is 3.67. The minimum Gasteiger partial charge on any atom is -0.393 e. The van der Waals surface area contributed by atoms with Gasteiger partial charge in [0.25, 0.3) is 5.91 Å². The van der Waals surface area contributed by atoms with Gasteiger partial charge in [-0.15, -0.1) is 0 Å². The molecule has 0 saturated carbocycles. The van der Waals surface area contributed by atoms with Gasteiger partial charge in [0.2, 0.25) is 0 Å². The lowest BCUT2D eigenvalue weighted by molar-refractivity contribution is 0.0941. The lowest BCUT2D eigenvalue weighted by atomic mass is 10.1. The second kappa shape index (κ2) is 6.07. The Hall–Kier alpha value is -1.01. The molecule has 0 saturated heterocycles. The first-order valence-corrected chi connectivity index (χ1v) is 6.14. The molecular formula is C11H12BrFN2OS. The van der Waals surface area contributed by atoms with Crippen LogP contribution in [0.15, 0.2) is 22.7 Å². The Labute approximate surface area is 113 Å². The van der Waals surface area contributed by atoms with Crippen molar-refractivity contribution in [2.24, 2.45) is 5.73 Å². The number of halogens is 2. The van der Waals surface area contributed by atoms with Crippen molar-refractivity contribution < 1.29 is 9.18 Å². The summed E-state index contributed by atoms with van der Waals surface area (Å²) in [6, 6.07) is 4.03. The van der Waals surface area contributed by atoms with Gasteiger partial charge in [0.05, 0.1) is 9.46 Å². The standard InChI is InChI=1S/C11H12BrFN2OS/c1-6(4-10(14)17)15-11(16)7-2-3-8(12)9(13)5-7/h2-3,5-6H,4H2,1H3,(H2,14,17)(H,15,16). The lowest BCUT2D eigenvalue weighted by Gasteiger charge is -2.13. The Morgan fingerprint density at radius 1 is 1.65 bits per heavy atom. The minimum absolute atomic E-state index is 0.174. The number of hydrogen-bond donors (Lipinski definition) is 2. The molecule has 0 bridgehead atoms. The zero-order valence-electron chi connectivity index (χ0n) is 9.17. The van der Waals surface area contributed by atoms with Crippen molar-refractivity contribution in [1.29, 1.82) is 0 Å². The van der Waals surface area contributed by atoms with E-state index in [4.69, 9.17) is 18.0 Å². The van der Waals surface area contributed by atoms with Crippen LogP contribution in [0.25, 0.3) is 0 Å². The maximum atomic E-state index is 13.2. The molecule has 3 N–H and O–H groups in total. The highest BCUT2D eigenvalue weighted by Gasteiger charge is 2.12. The van der Waals surface area contributed by atoms with Crippen molar-refractivity contribution in [3.8, 4) is 0 Å². The zero-order valence-corrected chi connectivity index (χ0v) is 11.6. The van der Waals surface area contributed by atoms with Gasteiger partial charge in [-0.2, -0.15) is 0 Å². The van der Waals surface area contributed by atoms with E-state index in [2.05, 4.69) is 21.2 Å². The largest absolute Gasteiger partial charge is 0.393 e. The first kappa shape index (κ1) is 14.1. The normalized spacial score (nSPS) is 11.9. The van der Waals surface area contributed by atoms with Crippen LogP contribution in [0, 0.1) is 5.82 Å². The molecule has 0 spiro atoms. The summed E-state index contributed by atoms with van der Waals surface area (Å²) in [5, 5.41) is 2.69. The highest BCUT2D eigenvalue weighted by atomic mass is 79.9. The van der Waals surface area contributed by atoms with Crippen molar-refractivity contribution in [3.05, 3.63) is 34.1 Å². The van der Waals surface area contributed by atoms with Gasteiger partial charge in [0, 0.05) is 18.0 Å². The number of amides is 1. The molecule has 1 unspecified atom stereocenters. The fraction of sp³-hybridized carbons (Fsp3) is 0.273. The van der Waals surface area contributed by atoms with E-state index < -0.39 is 5.82 Å². The molecule has 17 heavy (non-hydrogen) atoms. The van der Waals surface area contributed by atoms with Crippen LogP contribution in [0.5, 0.6) is 0 Å². The number of hydrogen-bond acceptors (Lipinski definition) is 2. The molecule has 1 atom stereocenters. The van der Waals surface area contributed by atoms with E-state index in [0.29, 0.717) is 15.9 Å². The summed E-state index contributed by atoms with van der Waals surface area (Å²) in [4.78, 5) is 12.1. The Balaban J connectivity index is 2.70. The first-order chi connectivity index (χ1) is 7.90. The minimum atomic E-state index is -0.473. The third-order valence-corrected chi connectivity index (χ3v) is 2.88. The van der Waals surface area contributed by atoms with Crippen molar-refractivity contribution in [3.63, 3.8) is 0 Å². The van der Waals surface area contributed by atoms with Crippen LogP contribution in [-0.2, 0) is 0 Å². The monoisotopic (exact) mass is 318 g/mol. The first-order valence-electron chi connectivity index (χ1n) is 4.94. The van der Waals surface area contributed by atoms with Gasteiger partial charge in [-0.3, -0.25) is 4.79 Å². The van der Waals surface area contributed by atoms with Crippen LogP contribution in [-0.4, -0.2) is 16.9 Å². The average Bonchev–Trinajstić information content (AvgIpc) is 2.20. The van der Waals surface area contributed by atoms with Crippen molar-refractivity contribution >= 4 is 39.0 Å². The molecule has 0 aliphatic carbocycles. The SMILES string of the molecule is CC(CC(N)=S)NC(=O)c1ccc(Br)c(F)c1. The molecular weight excluding hydrogens is 307 g/mol. The van der Waals surface area contributed by atoms with Gasteiger partial charge < -0.3 is 11.1 Å². The van der Waals surface area contributed by atoms with Crippen LogP contribution in [0.1, 0.15) is 23.7 Å². The summed E-state index contributed by atoms with van der Waals surface area (Å²) in [6.45, 7) is 1.78. The number of nitrogens with two attached hydrogens (primary N) is 1. The number of carbonyl (C=O) groups is 1. The molecule has 0 heterocycles. The molecule has 0 aromatic heterocycles. The third-order valence-electron chi connectivity index (χ3n) is 2.07. The summed E-state index contributed by atoms with van der Waals surface area (Å²) in [5.74, 6) is -0.820. The number of thiocarbonyl (C=S) groups is 1. The Morgan fingerprint density at radius 3 is 2.82 bits per heavy atom. The van der Waals surface area contributed by atoms with E-state index in [0.717, 1.165) is 0 Å². The molecule has 1 rings (SSSR count). The van der Waals surface area contributed by atoms with E-state index in [1.807, 2.05) is 0 Å². The topological polar surface area (TPSA) is 55.1 Å². The van der Waals surface area contributed by atoms with Crippen molar-refractivity contribution in [1.82, 2.24) is 5.32 Å². The lowest BCUT2D eigenvalue weighted by Crippen LogP contribution is -2.35. The Bertz CT molecular complexity index is 453.